The number of methoxy groups -OCH3 is 1. The van der Waals surface area contributed by atoms with Gasteiger partial charge in [-0.15, -0.1) is 0 Å². The van der Waals surface area contributed by atoms with E-state index in [1.54, 1.807) is 7.11 Å². The monoisotopic (exact) mass is 296 g/mol. The van der Waals surface area contributed by atoms with E-state index in [2.05, 4.69) is 12.1 Å². The molecule has 1 fully saturated rings. The van der Waals surface area contributed by atoms with Crippen LogP contribution in [0.15, 0.2) is 24.3 Å². The maximum atomic E-state index is 5.60. The molecule has 1 aliphatic heterocycles. The van der Waals surface area contributed by atoms with Crippen molar-refractivity contribution in [3.05, 3.63) is 29.8 Å². The second kappa shape index (κ2) is 9.73. The lowest BCUT2D eigenvalue weighted by molar-refractivity contribution is -0.914. The summed E-state index contributed by atoms with van der Waals surface area (Å²) in [5.74, 6) is 0.897. The minimum atomic E-state index is 0.650. The van der Waals surface area contributed by atoms with Crippen molar-refractivity contribution in [2.75, 3.05) is 59.8 Å². The first-order chi connectivity index (χ1) is 10.4. The fourth-order valence-electron chi connectivity index (χ4n) is 2.31. The number of quaternary nitrogens is 1. The third kappa shape index (κ3) is 6.44. The Hall–Kier alpha value is -1.14. The SMILES string of the molecule is COc1ccc(C[NH+]2CCOCCOCCOCC2)cc1. The molecule has 0 atom stereocenters. The molecule has 1 aromatic carbocycles. The largest absolute Gasteiger partial charge is 0.497 e. The number of rotatable bonds is 3. The maximum absolute atomic E-state index is 5.60. The van der Waals surface area contributed by atoms with E-state index in [-0.39, 0.29) is 0 Å². The number of benzene rings is 1. The zero-order valence-electron chi connectivity index (χ0n) is 12.8. The van der Waals surface area contributed by atoms with Gasteiger partial charge < -0.3 is 23.8 Å². The normalized spacial score (nSPS) is 19.5. The third-order valence-corrected chi connectivity index (χ3v) is 3.56. The molecule has 0 spiro atoms. The molecule has 0 aliphatic carbocycles. The van der Waals surface area contributed by atoms with E-state index >= 15 is 0 Å². The molecular weight excluding hydrogens is 270 g/mol. The molecule has 0 unspecified atom stereocenters. The first-order valence-electron chi connectivity index (χ1n) is 7.58. The minimum absolute atomic E-state index is 0.650. The van der Waals surface area contributed by atoms with Gasteiger partial charge in [-0.1, -0.05) is 0 Å². The predicted octanol–water partition coefficient (Wildman–Crippen LogP) is 0.144. The Labute approximate surface area is 126 Å². The van der Waals surface area contributed by atoms with E-state index in [0.29, 0.717) is 26.4 Å². The van der Waals surface area contributed by atoms with Crippen LogP contribution in [0.2, 0.25) is 0 Å². The molecule has 1 N–H and O–H groups in total. The quantitative estimate of drug-likeness (QED) is 0.862. The smallest absolute Gasteiger partial charge is 0.118 e. The van der Waals surface area contributed by atoms with Gasteiger partial charge in [-0.25, -0.2) is 0 Å². The molecule has 1 heterocycles. The second-order valence-corrected chi connectivity index (χ2v) is 5.11. The summed E-state index contributed by atoms with van der Waals surface area (Å²) in [7, 11) is 1.69. The average Bonchev–Trinajstić information content (AvgIpc) is 2.51. The van der Waals surface area contributed by atoms with Crippen LogP contribution in [-0.4, -0.2) is 59.8 Å². The van der Waals surface area contributed by atoms with Gasteiger partial charge in [-0.2, -0.15) is 0 Å². The molecule has 0 bridgehead atoms. The second-order valence-electron chi connectivity index (χ2n) is 5.11. The Morgan fingerprint density at radius 3 is 1.90 bits per heavy atom. The molecule has 0 saturated carbocycles. The van der Waals surface area contributed by atoms with Crippen molar-refractivity contribution in [3.63, 3.8) is 0 Å². The van der Waals surface area contributed by atoms with Gasteiger partial charge in [-0.05, 0) is 24.3 Å². The highest BCUT2D eigenvalue weighted by Crippen LogP contribution is 2.10. The molecule has 0 amide bonds. The average molecular weight is 296 g/mol. The summed E-state index contributed by atoms with van der Waals surface area (Å²) in [6.45, 7) is 7.08. The van der Waals surface area contributed by atoms with Gasteiger partial charge in [0.15, 0.2) is 0 Å². The highest BCUT2D eigenvalue weighted by atomic mass is 16.5. The standard InChI is InChI=1S/C16H25NO4/c1-18-16-4-2-15(3-5-16)14-17-6-8-19-10-12-21-13-11-20-9-7-17/h2-5H,6-14H2,1H3/p+1. The Balaban J connectivity index is 1.84. The Bertz CT molecular complexity index is 370. The summed E-state index contributed by atoms with van der Waals surface area (Å²) in [6.07, 6.45) is 0. The van der Waals surface area contributed by atoms with E-state index in [0.717, 1.165) is 38.6 Å². The van der Waals surface area contributed by atoms with Crippen LogP contribution in [0.4, 0.5) is 0 Å². The summed E-state index contributed by atoms with van der Waals surface area (Å²) in [4.78, 5) is 1.47. The van der Waals surface area contributed by atoms with Gasteiger partial charge in [0.25, 0.3) is 0 Å². The summed E-state index contributed by atoms with van der Waals surface area (Å²) >= 11 is 0. The molecule has 1 aromatic rings. The van der Waals surface area contributed by atoms with Crippen molar-refractivity contribution >= 4 is 0 Å². The van der Waals surface area contributed by atoms with Gasteiger partial charge >= 0.3 is 0 Å². The molecule has 21 heavy (non-hydrogen) atoms. The maximum Gasteiger partial charge on any atom is 0.118 e. The molecule has 1 saturated heterocycles. The van der Waals surface area contributed by atoms with Crippen molar-refractivity contribution in [2.24, 2.45) is 0 Å². The van der Waals surface area contributed by atoms with E-state index in [9.17, 15) is 0 Å². The zero-order chi connectivity index (χ0) is 14.8. The molecule has 1 aliphatic rings. The molecule has 2 rings (SSSR count). The number of hydrogen-bond acceptors (Lipinski definition) is 4. The highest BCUT2D eigenvalue weighted by molar-refractivity contribution is 5.26. The van der Waals surface area contributed by atoms with E-state index < -0.39 is 0 Å². The van der Waals surface area contributed by atoms with Crippen molar-refractivity contribution in [1.82, 2.24) is 0 Å². The van der Waals surface area contributed by atoms with Gasteiger partial charge in [0.2, 0.25) is 0 Å². The first kappa shape index (κ1) is 16.2. The number of hydrogen-bond donors (Lipinski definition) is 1. The molecule has 5 heteroatoms. The molecule has 5 nitrogen and oxygen atoms in total. The van der Waals surface area contributed by atoms with Crippen LogP contribution < -0.4 is 9.64 Å². The van der Waals surface area contributed by atoms with E-state index in [4.69, 9.17) is 18.9 Å². The molecule has 0 radical (unpaired) electrons. The highest BCUT2D eigenvalue weighted by Gasteiger charge is 2.10. The van der Waals surface area contributed by atoms with E-state index in [1.807, 2.05) is 12.1 Å². The molecule has 0 aromatic heterocycles. The fourth-order valence-corrected chi connectivity index (χ4v) is 2.31. The third-order valence-electron chi connectivity index (χ3n) is 3.56. The Morgan fingerprint density at radius 2 is 1.38 bits per heavy atom. The fraction of sp³-hybridized carbons (Fsp3) is 0.625. The minimum Gasteiger partial charge on any atom is -0.497 e. The predicted molar refractivity (Wildman–Crippen MR) is 79.9 cm³/mol. The number of nitrogens with one attached hydrogen (secondary N) is 1. The van der Waals surface area contributed by atoms with Crippen LogP contribution in [0.25, 0.3) is 0 Å². The summed E-state index contributed by atoms with van der Waals surface area (Å²) in [5, 5.41) is 0. The lowest BCUT2D eigenvalue weighted by Crippen LogP contribution is -3.11. The van der Waals surface area contributed by atoms with Crippen molar-refractivity contribution in [3.8, 4) is 5.75 Å². The topological polar surface area (TPSA) is 41.4 Å². The van der Waals surface area contributed by atoms with Crippen LogP contribution in [0, 0.1) is 0 Å². The van der Waals surface area contributed by atoms with Gasteiger partial charge in [-0.3, -0.25) is 0 Å². The van der Waals surface area contributed by atoms with Crippen LogP contribution in [-0.2, 0) is 20.8 Å². The Kier molecular flexibility index (Phi) is 7.53. The van der Waals surface area contributed by atoms with Crippen molar-refractivity contribution in [1.29, 1.82) is 0 Å². The summed E-state index contributed by atoms with van der Waals surface area (Å²) in [5.41, 5.74) is 1.31. The van der Waals surface area contributed by atoms with Crippen molar-refractivity contribution in [2.45, 2.75) is 6.54 Å². The van der Waals surface area contributed by atoms with Crippen LogP contribution >= 0.6 is 0 Å². The van der Waals surface area contributed by atoms with Crippen LogP contribution in [0.5, 0.6) is 5.75 Å². The van der Waals surface area contributed by atoms with E-state index in [1.165, 1.54) is 10.5 Å². The van der Waals surface area contributed by atoms with Crippen LogP contribution in [0.1, 0.15) is 5.56 Å². The Morgan fingerprint density at radius 1 is 0.857 bits per heavy atom. The first-order valence-corrected chi connectivity index (χ1v) is 7.58. The van der Waals surface area contributed by atoms with Crippen LogP contribution in [0.3, 0.4) is 0 Å². The lowest BCUT2D eigenvalue weighted by Gasteiger charge is -2.20. The van der Waals surface area contributed by atoms with Crippen molar-refractivity contribution < 1.29 is 23.8 Å². The summed E-state index contributed by atoms with van der Waals surface area (Å²) < 4.78 is 21.8. The number of ether oxygens (including phenoxy) is 4. The zero-order valence-corrected chi connectivity index (χ0v) is 12.8. The van der Waals surface area contributed by atoms with Gasteiger partial charge in [0, 0.05) is 5.56 Å². The summed E-state index contributed by atoms with van der Waals surface area (Å²) in [6, 6.07) is 8.26. The lowest BCUT2D eigenvalue weighted by atomic mass is 10.2. The molecular formula is C16H26NO4+. The van der Waals surface area contributed by atoms with Gasteiger partial charge in [0.1, 0.15) is 25.4 Å². The van der Waals surface area contributed by atoms with Gasteiger partial charge in [0.05, 0.1) is 46.8 Å². The molecule has 118 valence electrons.